The minimum atomic E-state index is -0.836. The molecule has 6 rings (SSSR count). The number of aryl methyl sites for hydroxylation is 2. The van der Waals surface area contributed by atoms with Crippen LogP contribution in [0, 0.1) is 19.7 Å². The summed E-state index contributed by atoms with van der Waals surface area (Å²) in [5, 5.41) is 14.9. The summed E-state index contributed by atoms with van der Waals surface area (Å²) in [6.45, 7) is 3.74. The Morgan fingerprint density at radius 2 is 1.25 bits per heavy atom. The van der Waals surface area contributed by atoms with E-state index in [-0.39, 0.29) is 23.5 Å². The number of aromatic nitrogens is 7. The van der Waals surface area contributed by atoms with Gasteiger partial charge in [-0.2, -0.15) is 0 Å². The number of aromatic amines is 2. The molecule has 0 amide bonds. The predicted molar refractivity (Wildman–Crippen MR) is 149 cm³/mol. The van der Waals surface area contributed by atoms with Gasteiger partial charge in [-0.1, -0.05) is 59.8 Å². The molecule has 0 bridgehead atoms. The molecule has 3 heterocycles. The van der Waals surface area contributed by atoms with Gasteiger partial charge in [-0.05, 0) is 44.2 Å². The lowest BCUT2D eigenvalue weighted by atomic mass is 9.89. The maximum atomic E-state index is 14.4. The molecular formula is C30H26FN7O2. The molecule has 0 fully saturated rings. The highest BCUT2D eigenvalue weighted by Gasteiger charge is 2.33. The van der Waals surface area contributed by atoms with Crippen molar-refractivity contribution in [3.8, 4) is 11.4 Å². The Hall–Kier alpha value is -5.25. The predicted octanol–water partition coefficient (Wildman–Crippen LogP) is 4.22. The van der Waals surface area contributed by atoms with E-state index in [2.05, 4.69) is 20.5 Å². The van der Waals surface area contributed by atoms with Crippen molar-refractivity contribution in [1.82, 2.24) is 34.6 Å². The fourth-order valence-electron chi connectivity index (χ4n) is 5.08. The van der Waals surface area contributed by atoms with Crippen molar-refractivity contribution < 1.29 is 4.39 Å². The number of nitrogens with zero attached hydrogens (tertiary/aromatic N) is 5. The third kappa shape index (κ3) is 4.39. The molecule has 0 aliphatic heterocycles. The first-order valence-electron chi connectivity index (χ1n) is 12.8. The molecule has 2 N–H and O–H groups in total. The van der Waals surface area contributed by atoms with E-state index < -0.39 is 5.92 Å². The molecule has 0 saturated carbocycles. The first kappa shape index (κ1) is 25.1. The summed E-state index contributed by atoms with van der Waals surface area (Å²) in [6.07, 6.45) is 1.66. The van der Waals surface area contributed by atoms with E-state index >= 15 is 0 Å². The van der Waals surface area contributed by atoms with E-state index in [9.17, 15) is 14.0 Å². The van der Waals surface area contributed by atoms with Gasteiger partial charge in [0, 0.05) is 23.1 Å². The van der Waals surface area contributed by atoms with E-state index in [0.717, 1.165) is 0 Å². The normalized spacial score (nSPS) is 11.4. The average molecular weight is 536 g/mol. The van der Waals surface area contributed by atoms with Crippen LogP contribution in [0.4, 0.5) is 4.39 Å². The Morgan fingerprint density at radius 3 is 1.77 bits per heavy atom. The van der Waals surface area contributed by atoms with E-state index in [1.165, 1.54) is 20.1 Å². The Balaban J connectivity index is 1.53. The van der Waals surface area contributed by atoms with Crippen molar-refractivity contribution in [2.24, 2.45) is 0 Å². The second kappa shape index (κ2) is 10.1. The summed E-state index contributed by atoms with van der Waals surface area (Å²) in [5.41, 5.74) is 3.50. The SMILES string of the molecule is Cc1[nH]n(-c2ccccc2)c(=O)c1C(c1cn(Cc2ccccc2F)nn1)c1c(C)[nH]n(-c2ccccc2)c1=O. The minimum absolute atomic E-state index is 0.146. The van der Waals surface area contributed by atoms with Gasteiger partial charge in [-0.25, -0.2) is 18.4 Å². The number of para-hydroxylation sites is 2. The number of halogens is 1. The topological polar surface area (TPSA) is 106 Å². The Kier molecular flexibility index (Phi) is 6.35. The standard InChI is InChI=1S/C30H26FN7O2/c1-19-26(29(39)37(33-19)22-12-5-3-6-13-22)28(25-18-36(35-32-25)17-21-11-9-10-16-24(21)31)27-20(2)34-38(30(27)40)23-14-7-4-8-15-23/h3-16,18,28,33-34H,17H2,1-2H3. The molecule has 0 unspecified atom stereocenters. The summed E-state index contributed by atoms with van der Waals surface area (Å²) in [4.78, 5) is 27.9. The highest BCUT2D eigenvalue weighted by Crippen LogP contribution is 2.31. The third-order valence-electron chi connectivity index (χ3n) is 6.98. The number of H-pyrrole nitrogens is 2. The molecule has 0 aliphatic carbocycles. The quantitative estimate of drug-likeness (QED) is 0.319. The van der Waals surface area contributed by atoms with Gasteiger partial charge in [0.05, 0.1) is 40.7 Å². The van der Waals surface area contributed by atoms with Gasteiger partial charge in [0.15, 0.2) is 0 Å². The lowest BCUT2D eigenvalue weighted by molar-refractivity contribution is 0.577. The maximum absolute atomic E-state index is 14.4. The molecule has 9 nitrogen and oxygen atoms in total. The average Bonchev–Trinajstić information content (AvgIpc) is 3.64. The molecule has 0 aliphatic rings. The molecule has 200 valence electrons. The molecule has 3 aromatic heterocycles. The number of nitrogens with one attached hydrogen (secondary N) is 2. The molecule has 3 aromatic carbocycles. The zero-order valence-corrected chi connectivity index (χ0v) is 21.9. The van der Waals surface area contributed by atoms with Gasteiger partial charge in [0.1, 0.15) is 5.82 Å². The molecule has 0 radical (unpaired) electrons. The fourth-order valence-corrected chi connectivity index (χ4v) is 5.08. The number of hydrogen-bond donors (Lipinski definition) is 2. The lowest BCUT2D eigenvalue weighted by Gasteiger charge is -2.12. The lowest BCUT2D eigenvalue weighted by Crippen LogP contribution is -2.25. The van der Waals surface area contributed by atoms with Crippen LogP contribution in [0.3, 0.4) is 0 Å². The van der Waals surface area contributed by atoms with Crippen molar-refractivity contribution in [3.63, 3.8) is 0 Å². The van der Waals surface area contributed by atoms with Gasteiger partial charge in [-0.15, -0.1) is 5.10 Å². The second-order valence-corrected chi connectivity index (χ2v) is 9.62. The van der Waals surface area contributed by atoms with Gasteiger partial charge in [0.25, 0.3) is 11.1 Å². The number of rotatable bonds is 7. The van der Waals surface area contributed by atoms with Crippen molar-refractivity contribution in [3.05, 3.63) is 151 Å². The first-order valence-corrected chi connectivity index (χ1v) is 12.8. The Morgan fingerprint density at radius 1 is 0.750 bits per heavy atom. The zero-order chi connectivity index (χ0) is 27.8. The highest BCUT2D eigenvalue weighted by molar-refractivity contribution is 5.45. The van der Waals surface area contributed by atoms with Crippen molar-refractivity contribution in [1.29, 1.82) is 0 Å². The third-order valence-corrected chi connectivity index (χ3v) is 6.98. The van der Waals surface area contributed by atoms with Gasteiger partial charge in [0.2, 0.25) is 0 Å². The van der Waals surface area contributed by atoms with E-state index in [4.69, 9.17) is 0 Å². The summed E-state index contributed by atoms with van der Waals surface area (Å²) in [5.74, 6) is -1.19. The van der Waals surface area contributed by atoms with E-state index in [1.807, 2.05) is 60.7 Å². The van der Waals surface area contributed by atoms with Gasteiger partial charge < -0.3 is 0 Å². The molecule has 6 aromatic rings. The van der Waals surface area contributed by atoms with Crippen LogP contribution in [0.15, 0.2) is 101 Å². The number of benzene rings is 3. The Bertz CT molecular complexity index is 1820. The van der Waals surface area contributed by atoms with Crippen LogP contribution in [-0.4, -0.2) is 34.6 Å². The highest BCUT2D eigenvalue weighted by atomic mass is 19.1. The molecule has 40 heavy (non-hydrogen) atoms. The summed E-state index contributed by atoms with van der Waals surface area (Å²) in [7, 11) is 0. The Labute approximate surface area is 228 Å². The van der Waals surface area contributed by atoms with Crippen molar-refractivity contribution in [2.75, 3.05) is 0 Å². The van der Waals surface area contributed by atoms with Crippen LogP contribution in [0.25, 0.3) is 11.4 Å². The van der Waals surface area contributed by atoms with Crippen LogP contribution in [0.5, 0.6) is 0 Å². The second-order valence-electron chi connectivity index (χ2n) is 9.62. The largest absolute Gasteiger partial charge is 0.295 e. The minimum Gasteiger partial charge on any atom is -0.295 e. The van der Waals surface area contributed by atoms with Crippen LogP contribution >= 0.6 is 0 Å². The molecular weight excluding hydrogens is 509 g/mol. The van der Waals surface area contributed by atoms with Crippen LogP contribution in [-0.2, 0) is 6.54 Å². The monoisotopic (exact) mass is 535 g/mol. The summed E-state index contributed by atoms with van der Waals surface area (Å²) in [6, 6.07) is 24.9. The summed E-state index contributed by atoms with van der Waals surface area (Å²) < 4.78 is 18.8. The maximum Gasteiger partial charge on any atom is 0.275 e. The van der Waals surface area contributed by atoms with E-state index in [0.29, 0.717) is 45.1 Å². The van der Waals surface area contributed by atoms with E-state index in [1.54, 1.807) is 38.2 Å². The molecule has 0 atom stereocenters. The molecule has 0 saturated heterocycles. The molecule has 0 spiro atoms. The zero-order valence-electron chi connectivity index (χ0n) is 21.9. The van der Waals surface area contributed by atoms with Crippen molar-refractivity contribution in [2.45, 2.75) is 26.3 Å². The van der Waals surface area contributed by atoms with Gasteiger partial charge in [-0.3, -0.25) is 19.8 Å². The van der Waals surface area contributed by atoms with Gasteiger partial charge >= 0.3 is 0 Å². The fraction of sp³-hybridized carbons (Fsp3) is 0.133. The van der Waals surface area contributed by atoms with Crippen LogP contribution in [0.1, 0.15) is 39.7 Å². The first-order chi connectivity index (χ1) is 19.4. The van der Waals surface area contributed by atoms with Crippen LogP contribution in [0.2, 0.25) is 0 Å². The number of hydrogen-bond acceptors (Lipinski definition) is 4. The summed E-state index contributed by atoms with van der Waals surface area (Å²) >= 11 is 0. The van der Waals surface area contributed by atoms with Crippen molar-refractivity contribution >= 4 is 0 Å². The van der Waals surface area contributed by atoms with Crippen LogP contribution < -0.4 is 11.1 Å². The molecule has 10 heteroatoms. The smallest absolute Gasteiger partial charge is 0.275 e.